The molecule has 29 heavy (non-hydrogen) atoms. The Balaban J connectivity index is 1.95. The number of carbonyl (C=O) groups excluding carboxylic acids is 2. The van der Waals surface area contributed by atoms with E-state index < -0.39 is 23.5 Å². The van der Waals surface area contributed by atoms with Crippen molar-refractivity contribution in [2.45, 2.75) is 13.0 Å². The molecule has 3 aromatic carbocycles. The summed E-state index contributed by atoms with van der Waals surface area (Å²) in [5.41, 5.74) is 2.25. The summed E-state index contributed by atoms with van der Waals surface area (Å²) in [6.45, 7) is 1.91. The van der Waals surface area contributed by atoms with E-state index in [0.29, 0.717) is 16.8 Å². The Morgan fingerprint density at radius 1 is 0.931 bits per heavy atom. The van der Waals surface area contributed by atoms with Crippen LogP contribution in [0, 0.1) is 12.7 Å². The molecule has 0 unspecified atom stereocenters. The van der Waals surface area contributed by atoms with Gasteiger partial charge in [-0.1, -0.05) is 60.2 Å². The van der Waals surface area contributed by atoms with Crippen molar-refractivity contribution in [3.05, 3.63) is 107 Å². The lowest BCUT2D eigenvalue weighted by Gasteiger charge is -2.25. The van der Waals surface area contributed by atoms with E-state index in [1.165, 1.54) is 23.1 Å². The zero-order valence-corrected chi connectivity index (χ0v) is 15.7. The van der Waals surface area contributed by atoms with Gasteiger partial charge in [0.15, 0.2) is 0 Å². The van der Waals surface area contributed by atoms with Gasteiger partial charge in [0.1, 0.15) is 11.6 Å². The molecule has 1 aliphatic rings. The van der Waals surface area contributed by atoms with E-state index in [0.717, 1.165) is 5.56 Å². The van der Waals surface area contributed by atoms with Crippen molar-refractivity contribution < 1.29 is 19.1 Å². The number of Topliss-reactive ketones (excluding diaryl/α,β-unsaturated/α-hetero) is 1. The molecule has 4 nitrogen and oxygen atoms in total. The molecule has 1 fully saturated rings. The number of ketones is 1. The van der Waals surface area contributed by atoms with E-state index in [9.17, 15) is 19.1 Å². The summed E-state index contributed by atoms with van der Waals surface area (Å²) in [6.07, 6.45) is 0. The van der Waals surface area contributed by atoms with E-state index in [1.54, 1.807) is 60.7 Å². The Morgan fingerprint density at radius 3 is 2.28 bits per heavy atom. The second-order valence-electron chi connectivity index (χ2n) is 6.93. The van der Waals surface area contributed by atoms with Crippen molar-refractivity contribution in [3.8, 4) is 0 Å². The molecule has 1 aliphatic heterocycles. The number of amides is 1. The van der Waals surface area contributed by atoms with Gasteiger partial charge in [0.25, 0.3) is 11.7 Å². The molecular weight excluding hydrogens is 369 g/mol. The van der Waals surface area contributed by atoms with Gasteiger partial charge in [-0.15, -0.1) is 0 Å². The van der Waals surface area contributed by atoms with Crippen LogP contribution in [-0.4, -0.2) is 16.8 Å². The summed E-state index contributed by atoms with van der Waals surface area (Å²) >= 11 is 0. The second kappa shape index (κ2) is 7.36. The zero-order valence-electron chi connectivity index (χ0n) is 15.7. The van der Waals surface area contributed by atoms with Crippen molar-refractivity contribution in [2.24, 2.45) is 0 Å². The van der Waals surface area contributed by atoms with Crippen LogP contribution in [0.2, 0.25) is 0 Å². The van der Waals surface area contributed by atoms with E-state index in [1.807, 2.05) is 6.92 Å². The van der Waals surface area contributed by atoms with Gasteiger partial charge in [-0.05, 0) is 36.8 Å². The number of hydrogen-bond acceptors (Lipinski definition) is 3. The first kappa shape index (κ1) is 18.6. The van der Waals surface area contributed by atoms with Gasteiger partial charge in [-0.3, -0.25) is 14.5 Å². The fourth-order valence-corrected chi connectivity index (χ4v) is 3.55. The lowest BCUT2D eigenvalue weighted by molar-refractivity contribution is -0.132. The number of rotatable bonds is 3. The fourth-order valence-electron chi connectivity index (χ4n) is 3.55. The second-order valence-corrected chi connectivity index (χ2v) is 6.93. The van der Waals surface area contributed by atoms with Crippen molar-refractivity contribution in [1.29, 1.82) is 0 Å². The number of anilines is 1. The SMILES string of the molecule is Cc1ccc(C(O)=C2C(=O)C(=O)N(c3ccccc3)[C@@H]2c2cccc(F)c2)cc1. The highest BCUT2D eigenvalue weighted by molar-refractivity contribution is 6.51. The maximum Gasteiger partial charge on any atom is 0.300 e. The first-order valence-corrected chi connectivity index (χ1v) is 9.16. The normalized spacial score (nSPS) is 18.3. The van der Waals surface area contributed by atoms with E-state index >= 15 is 0 Å². The van der Waals surface area contributed by atoms with Crippen LogP contribution >= 0.6 is 0 Å². The Labute approximate surface area is 167 Å². The number of hydrogen-bond donors (Lipinski definition) is 1. The third-order valence-corrected chi connectivity index (χ3v) is 4.97. The Kier molecular flexibility index (Phi) is 4.72. The lowest BCUT2D eigenvalue weighted by atomic mass is 9.95. The number of aryl methyl sites for hydroxylation is 1. The molecule has 4 rings (SSSR count). The molecule has 0 spiro atoms. The monoisotopic (exact) mass is 387 g/mol. The van der Waals surface area contributed by atoms with Crippen molar-refractivity contribution >= 4 is 23.1 Å². The fraction of sp³-hybridized carbons (Fsp3) is 0.0833. The molecule has 1 saturated heterocycles. The predicted molar refractivity (Wildman–Crippen MR) is 109 cm³/mol. The highest BCUT2D eigenvalue weighted by atomic mass is 19.1. The van der Waals surface area contributed by atoms with Crippen LogP contribution in [0.1, 0.15) is 22.7 Å². The summed E-state index contributed by atoms with van der Waals surface area (Å²) in [4.78, 5) is 27.2. The lowest BCUT2D eigenvalue weighted by Crippen LogP contribution is -2.29. The summed E-state index contributed by atoms with van der Waals surface area (Å²) in [5.74, 6) is -2.34. The molecule has 0 saturated carbocycles. The molecule has 1 N–H and O–H groups in total. The highest BCUT2D eigenvalue weighted by Crippen LogP contribution is 2.42. The number of aliphatic hydroxyl groups excluding tert-OH is 1. The summed E-state index contributed by atoms with van der Waals surface area (Å²) in [7, 11) is 0. The van der Waals surface area contributed by atoms with Crippen molar-refractivity contribution in [1.82, 2.24) is 0 Å². The number of para-hydroxylation sites is 1. The Morgan fingerprint density at radius 2 is 1.62 bits per heavy atom. The van der Waals surface area contributed by atoms with Crippen LogP contribution < -0.4 is 4.90 Å². The number of aliphatic hydroxyl groups is 1. The number of nitrogens with zero attached hydrogens (tertiary/aromatic N) is 1. The van der Waals surface area contributed by atoms with Crippen LogP contribution in [0.5, 0.6) is 0 Å². The van der Waals surface area contributed by atoms with Gasteiger partial charge in [0, 0.05) is 11.3 Å². The van der Waals surface area contributed by atoms with Crippen LogP contribution in [0.3, 0.4) is 0 Å². The molecule has 5 heteroatoms. The van der Waals surface area contributed by atoms with Crippen LogP contribution in [0.15, 0.2) is 84.4 Å². The van der Waals surface area contributed by atoms with Crippen LogP contribution in [0.4, 0.5) is 10.1 Å². The average Bonchev–Trinajstić information content (AvgIpc) is 2.99. The average molecular weight is 387 g/mol. The zero-order chi connectivity index (χ0) is 20.5. The minimum atomic E-state index is -0.936. The summed E-state index contributed by atoms with van der Waals surface area (Å²) in [6, 6.07) is 20.4. The molecule has 0 aromatic heterocycles. The smallest absolute Gasteiger partial charge is 0.300 e. The van der Waals surface area contributed by atoms with Crippen LogP contribution in [-0.2, 0) is 9.59 Å². The maximum atomic E-state index is 14.0. The molecule has 0 radical (unpaired) electrons. The molecule has 1 atom stereocenters. The maximum absolute atomic E-state index is 14.0. The molecule has 0 bridgehead atoms. The first-order chi connectivity index (χ1) is 14.0. The van der Waals surface area contributed by atoms with Gasteiger partial charge in [0.2, 0.25) is 0 Å². The third kappa shape index (κ3) is 3.31. The van der Waals surface area contributed by atoms with Gasteiger partial charge in [-0.25, -0.2) is 4.39 Å². The van der Waals surface area contributed by atoms with Gasteiger partial charge in [-0.2, -0.15) is 0 Å². The molecule has 1 heterocycles. The molecular formula is C24H18FNO3. The first-order valence-electron chi connectivity index (χ1n) is 9.16. The van der Waals surface area contributed by atoms with Crippen LogP contribution in [0.25, 0.3) is 5.76 Å². The van der Waals surface area contributed by atoms with Crippen molar-refractivity contribution in [2.75, 3.05) is 4.90 Å². The molecule has 144 valence electrons. The topological polar surface area (TPSA) is 57.6 Å². The standard InChI is InChI=1S/C24H18FNO3/c1-15-10-12-16(13-11-15)22(27)20-21(17-6-5-7-18(25)14-17)26(24(29)23(20)28)19-8-3-2-4-9-19/h2-14,21,27H,1H3/t21-/m1/s1. The van der Waals surface area contributed by atoms with Crippen molar-refractivity contribution in [3.63, 3.8) is 0 Å². The number of halogens is 1. The van der Waals surface area contributed by atoms with Gasteiger partial charge in [0.05, 0.1) is 11.6 Å². The van der Waals surface area contributed by atoms with E-state index in [-0.39, 0.29) is 11.3 Å². The summed E-state index contributed by atoms with van der Waals surface area (Å²) in [5, 5.41) is 11.0. The number of benzene rings is 3. The van der Waals surface area contributed by atoms with E-state index in [4.69, 9.17) is 0 Å². The summed E-state index contributed by atoms with van der Waals surface area (Å²) < 4.78 is 14.0. The molecule has 0 aliphatic carbocycles. The molecule has 1 amide bonds. The number of carbonyl (C=O) groups is 2. The third-order valence-electron chi connectivity index (χ3n) is 4.97. The largest absolute Gasteiger partial charge is 0.507 e. The van der Waals surface area contributed by atoms with E-state index in [2.05, 4.69) is 0 Å². The minimum absolute atomic E-state index is 0.0618. The molecule has 3 aromatic rings. The predicted octanol–water partition coefficient (Wildman–Crippen LogP) is 4.76. The Hall–Kier alpha value is -3.73. The quantitative estimate of drug-likeness (QED) is 0.400. The minimum Gasteiger partial charge on any atom is -0.507 e. The van der Waals surface area contributed by atoms with Gasteiger partial charge >= 0.3 is 0 Å². The Bertz CT molecular complexity index is 1120. The highest BCUT2D eigenvalue weighted by Gasteiger charge is 2.46. The van der Waals surface area contributed by atoms with Gasteiger partial charge < -0.3 is 5.11 Å².